The number of alkyl halides is 3. The third-order valence-corrected chi connectivity index (χ3v) is 9.10. The molecule has 0 aliphatic carbocycles. The third-order valence-electron chi connectivity index (χ3n) is 7.00. The van der Waals surface area contributed by atoms with E-state index < -0.39 is 39.8 Å². The molecule has 7 nitrogen and oxygen atoms in total. The Hall–Kier alpha value is -1.60. The maximum absolute atomic E-state index is 14.4. The van der Waals surface area contributed by atoms with Crippen LogP contribution in [0, 0.1) is 0 Å². The largest absolute Gasteiger partial charge is 0.417 e. The Morgan fingerprint density at radius 2 is 1.84 bits per heavy atom. The highest BCUT2D eigenvalue weighted by Gasteiger charge is 2.59. The van der Waals surface area contributed by atoms with E-state index in [2.05, 4.69) is 10.5 Å². The van der Waals surface area contributed by atoms with Gasteiger partial charge in [0.25, 0.3) is 0 Å². The van der Waals surface area contributed by atoms with Gasteiger partial charge >= 0.3 is 6.18 Å². The van der Waals surface area contributed by atoms with Gasteiger partial charge in [0, 0.05) is 25.8 Å². The van der Waals surface area contributed by atoms with Gasteiger partial charge in [0.15, 0.2) is 15.4 Å². The normalized spacial score (nSPS) is 23.9. The van der Waals surface area contributed by atoms with E-state index in [4.69, 9.17) is 39.5 Å². The number of benzene rings is 2. The summed E-state index contributed by atoms with van der Waals surface area (Å²) in [6, 6.07) is 7.48. The molecule has 2 unspecified atom stereocenters. The Labute approximate surface area is 226 Å². The highest BCUT2D eigenvalue weighted by atomic mass is 35.5. The molecule has 37 heavy (non-hydrogen) atoms. The zero-order chi connectivity index (χ0) is 27.0. The van der Waals surface area contributed by atoms with E-state index in [9.17, 15) is 26.7 Å². The molecule has 1 spiro atoms. The Kier molecular flexibility index (Phi) is 6.54. The minimum Gasteiger partial charge on any atom is -0.377 e. The van der Waals surface area contributed by atoms with Crippen LogP contribution in [0.4, 0.5) is 13.2 Å². The van der Waals surface area contributed by atoms with Gasteiger partial charge in [0.1, 0.15) is 11.8 Å². The molecule has 0 bridgehead atoms. The summed E-state index contributed by atoms with van der Waals surface area (Å²) in [4.78, 5) is 1.61. The molecule has 1 saturated heterocycles. The fourth-order valence-corrected chi connectivity index (χ4v) is 6.39. The number of halogens is 6. The second-order valence-electron chi connectivity index (χ2n) is 9.64. The molecular formula is C23H21Cl3F3N3O4S. The van der Waals surface area contributed by atoms with E-state index >= 15 is 0 Å². The molecule has 0 radical (unpaired) electrons. The smallest absolute Gasteiger partial charge is 0.377 e. The van der Waals surface area contributed by atoms with Crippen LogP contribution in [0.15, 0.2) is 35.4 Å². The monoisotopic (exact) mass is 597 g/mol. The molecule has 3 aliphatic heterocycles. The van der Waals surface area contributed by atoms with Crippen LogP contribution in [0.5, 0.6) is 0 Å². The lowest BCUT2D eigenvalue weighted by atomic mass is 9.82. The Morgan fingerprint density at radius 3 is 2.43 bits per heavy atom. The lowest BCUT2D eigenvalue weighted by Crippen LogP contribution is -2.63. The van der Waals surface area contributed by atoms with Crippen molar-refractivity contribution >= 4 is 50.4 Å². The molecule has 200 valence electrons. The number of hydrogen-bond acceptors (Lipinski definition) is 7. The number of hydrazone groups is 1. The van der Waals surface area contributed by atoms with Gasteiger partial charge in [-0.05, 0) is 40.5 Å². The molecule has 1 fully saturated rings. The average Bonchev–Trinajstić information content (AvgIpc) is 3.37. The molecule has 2 aromatic carbocycles. The maximum Gasteiger partial charge on any atom is 0.417 e. The first-order chi connectivity index (χ1) is 17.1. The minimum absolute atomic E-state index is 0.0329. The standard InChI is InChI=1S/C23H21Cl3F3N3O4S/c1-37(34,35)9-19(33)32-10-21(11-32)15-3-2-12(4-13(15)8-36-21)18-7-22(31-30-18,23(27,28)29)14-5-16(24)20(26)17(25)6-14/h2-6,19,31,33H,7-11H2,1H3. The zero-order valence-corrected chi connectivity index (χ0v) is 22.3. The van der Waals surface area contributed by atoms with Crippen molar-refractivity contribution in [2.45, 2.75) is 36.6 Å². The van der Waals surface area contributed by atoms with Crippen LogP contribution in [0.3, 0.4) is 0 Å². The number of nitrogens with one attached hydrogen (secondary N) is 1. The maximum atomic E-state index is 14.4. The molecule has 14 heteroatoms. The van der Waals surface area contributed by atoms with Gasteiger partial charge in [-0.1, -0.05) is 46.9 Å². The van der Waals surface area contributed by atoms with Crippen LogP contribution < -0.4 is 5.43 Å². The topological polar surface area (TPSA) is 91.2 Å². The number of sulfone groups is 1. The predicted octanol–water partition coefficient (Wildman–Crippen LogP) is 4.21. The number of nitrogens with zero attached hydrogens (tertiary/aromatic N) is 2. The van der Waals surface area contributed by atoms with Crippen LogP contribution in [0.25, 0.3) is 0 Å². The van der Waals surface area contributed by atoms with Crippen molar-refractivity contribution in [3.05, 3.63) is 67.7 Å². The molecule has 2 aromatic rings. The van der Waals surface area contributed by atoms with Crippen molar-refractivity contribution < 1.29 is 31.4 Å². The Morgan fingerprint density at radius 1 is 1.19 bits per heavy atom. The van der Waals surface area contributed by atoms with E-state index in [1.165, 1.54) is 0 Å². The molecule has 2 N–H and O–H groups in total. The molecule has 0 saturated carbocycles. The summed E-state index contributed by atoms with van der Waals surface area (Å²) < 4.78 is 72.2. The predicted molar refractivity (Wildman–Crippen MR) is 134 cm³/mol. The van der Waals surface area contributed by atoms with Gasteiger partial charge in [0.05, 0.1) is 33.1 Å². The Balaban J connectivity index is 1.38. The van der Waals surface area contributed by atoms with Gasteiger partial charge < -0.3 is 9.84 Å². The van der Waals surface area contributed by atoms with Gasteiger partial charge in [-0.25, -0.2) is 8.42 Å². The second kappa shape index (κ2) is 8.97. The number of aliphatic hydroxyl groups excluding tert-OH is 1. The summed E-state index contributed by atoms with van der Waals surface area (Å²) in [7, 11) is -3.36. The van der Waals surface area contributed by atoms with Gasteiger partial charge in [0.2, 0.25) is 0 Å². The molecule has 5 rings (SSSR count). The van der Waals surface area contributed by atoms with E-state index in [0.29, 0.717) is 18.7 Å². The number of likely N-dealkylation sites (tertiary alicyclic amines) is 1. The van der Waals surface area contributed by atoms with Crippen LogP contribution in [0.2, 0.25) is 15.1 Å². The third kappa shape index (κ3) is 4.62. The quantitative estimate of drug-likeness (QED) is 0.502. The van der Waals surface area contributed by atoms with Crippen molar-refractivity contribution in [3.63, 3.8) is 0 Å². The number of aliphatic hydroxyl groups is 1. The summed E-state index contributed by atoms with van der Waals surface area (Å²) in [6.45, 7) is 0.828. The highest BCUT2D eigenvalue weighted by Crippen LogP contribution is 2.48. The highest BCUT2D eigenvalue weighted by molar-refractivity contribution is 7.90. The summed E-state index contributed by atoms with van der Waals surface area (Å²) in [6.07, 6.45) is -5.32. The van der Waals surface area contributed by atoms with Crippen molar-refractivity contribution in [1.82, 2.24) is 10.3 Å². The second-order valence-corrected chi connectivity index (χ2v) is 13.0. The van der Waals surface area contributed by atoms with Crippen molar-refractivity contribution in [3.8, 4) is 0 Å². The average molecular weight is 599 g/mol. The van der Waals surface area contributed by atoms with E-state index in [-0.39, 0.29) is 38.7 Å². The molecular weight excluding hydrogens is 578 g/mol. The first-order valence-corrected chi connectivity index (χ1v) is 14.3. The summed E-state index contributed by atoms with van der Waals surface area (Å²) in [5.74, 6) is -0.382. The molecule has 3 heterocycles. The van der Waals surface area contributed by atoms with E-state index in [1.807, 2.05) is 0 Å². The van der Waals surface area contributed by atoms with Crippen LogP contribution in [-0.4, -0.2) is 61.6 Å². The van der Waals surface area contributed by atoms with Gasteiger partial charge in [-0.2, -0.15) is 18.3 Å². The summed E-state index contributed by atoms with van der Waals surface area (Å²) >= 11 is 18.0. The number of ether oxygens (including phenoxy) is 1. The lowest BCUT2D eigenvalue weighted by Gasteiger charge is -2.49. The van der Waals surface area contributed by atoms with E-state index in [1.54, 1.807) is 23.1 Å². The number of hydrogen-bond donors (Lipinski definition) is 2. The van der Waals surface area contributed by atoms with Gasteiger partial charge in [-0.15, -0.1) is 0 Å². The van der Waals surface area contributed by atoms with Crippen LogP contribution >= 0.6 is 34.8 Å². The molecule has 0 amide bonds. The fraction of sp³-hybridized carbons (Fsp3) is 0.435. The first-order valence-electron chi connectivity index (χ1n) is 11.1. The summed E-state index contributed by atoms with van der Waals surface area (Å²) in [5, 5.41) is 14.0. The Bertz CT molecular complexity index is 1390. The summed E-state index contributed by atoms with van der Waals surface area (Å²) in [5.41, 5.74) is 1.17. The van der Waals surface area contributed by atoms with Gasteiger partial charge in [-0.3, -0.25) is 10.3 Å². The van der Waals surface area contributed by atoms with E-state index in [0.717, 1.165) is 29.5 Å². The molecule has 0 aromatic heterocycles. The number of rotatable bonds is 5. The number of fused-ring (bicyclic) bond motifs is 2. The lowest BCUT2D eigenvalue weighted by molar-refractivity contribution is -0.196. The molecule has 3 aliphatic rings. The minimum atomic E-state index is -4.73. The van der Waals surface area contributed by atoms with Crippen molar-refractivity contribution in [2.75, 3.05) is 25.1 Å². The van der Waals surface area contributed by atoms with Crippen molar-refractivity contribution in [1.29, 1.82) is 0 Å². The first kappa shape index (κ1) is 27.0. The van der Waals surface area contributed by atoms with Crippen molar-refractivity contribution in [2.24, 2.45) is 5.10 Å². The molecule has 2 atom stereocenters. The zero-order valence-electron chi connectivity index (χ0n) is 19.2. The fourth-order valence-electron chi connectivity index (χ4n) is 5.04. The van der Waals surface area contributed by atoms with Crippen LogP contribution in [0.1, 0.15) is 28.7 Å². The van der Waals surface area contributed by atoms with Crippen LogP contribution in [-0.2, 0) is 32.3 Å². The SMILES string of the molecule is CS(=O)(=O)CC(O)N1CC2(C1)OCc1cc(C3=NNC(c4cc(Cl)c(Cl)c(Cl)c4)(C(F)(F)F)C3)ccc12.